The van der Waals surface area contributed by atoms with Crippen LogP contribution >= 0.6 is 0 Å². The number of rotatable bonds is 8. The highest BCUT2D eigenvalue weighted by molar-refractivity contribution is 6.96. The number of benzene rings is 5. The molecule has 5 heteroatoms. The van der Waals surface area contributed by atoms with E-state index in [4.69, 9.17) is 0 Å². The monoisotopic (exact) mass is 602 g/mol. The minimum Gasteiger partial charge on any atom is -0.311 e. The first-order chi connectivity index (χ1) is 22.1. The lowest BCUT2D eigenvalue weighted by Crippen LogP contribution is -2.55. The van der Waals surface area contributed by atoms with E-state index in [0.29, 0.717) is 0 Å². The summed E-state index contributed by atoms with van der Waals surface area (Å²) in [6.07, 6.45) is 2.65. The Morgan fingerprint density at radius 1 is 0.543 bits per heavy atom. The van der Waals surface area contributed by atoms with Crippen LogP contribution in [-0.2, 0) is 16.1 Å². The fraction of sp³-hybridized carbons (Fsp3) is 0.171. The second-order valence-electron chi connectivity index (χ2n) is 12.6. The van der Waals surface area contributed by atoms with Crippen molar-refractivity contribution in [3.05, 3.63) is 154 Å². The number of hydrogen-bond donors (Lipinski definition) is 0. The Labute approximate surface area is 273 Å². The van der Waals surface area contributed by atoms with Crippen molar-refractivity contribution in [1.82, 2.24) is 4.90 Å². The van der Waals surface area contributed by atoms with E-state index in [1.54, 1.807) is 0 Å². The second-order valence-corrected chi connectivity index (χ2v) is 12.6. The number of hydrogen-bond acceptors (Lipinski definition) is 3. The van der Waals surface area contributed by atoms with Crippen LogP contribution < -0.4 is 21.3 Å². The molecule has 1 aliphatic rings. The highest BCUT2D eigenvalue weighted by atomic mass is 16.2. The normalized spacial score (nSPS) is 12.6. The van der Waals surface area contributed by atoms with Gasteiger partial charge >= 0.3 is 0 Å². The van der Waals surface area contributed by atoms with Gasteiger partial charge in [0.15, 0.2) is 0 Å². The molecule has 0 atom stereocenters. The number of para-hydroxylation sites is 1. The highest BCUT2D eigenvalue weighted by Crippen LogP contribution is 2.34. The zero-order valence-corrected chi connectivity index (χ0v) is 27.5. The van der Waals surface area contributed by atoms with Crippen molar-refractivity contribution >= 4 is 52.0 Å². The maximum Gasteiger partial charge on any atom is 0.253 e. The van der Waals surface area contributed by atoms with Crippen LogP contribution in [0.25, 0.3) is 0 Å². The van der Waals surface area contributed by atoms with E-state index >= 15 is 0 Å². The number of carbonyl (C=O) groups is 2. The molecule has 0 saturated carbocycles. The van der Waals surface area contributed by atoms with E-state index in [1.807, 2.05) is 30.3 Å². The molecule has 0 unspecified atom stereocenters. The average Bonchev–Trinajstić information content (AvgIpc) is 3.33. The van der Waals surface area contributed by atoms with Crippen LogP contribution in [-0.4, -0.2) is 23.4 Å². The predicted octanol–water partition coefficient (Wildman–Crippen LogP) is 6.95. The van der Waals surface area contributed by atoms with E-state index in [0.717, 1.165) is 22.6 Å². The number of aryl methyl sites for hydroxylation is 6. The SMILES string of the molecule is Cc1cc(C)c(B(c2ccc(N(c3ccccc3)c3ccc(CN4C(=O)C=CC4=O)cc3)cc2)c2c(C)cc(C)cc2C)c(C)c1. The van der Waals surface area contributed by atoms with Crippen molar-refractivity contribution in [3.8, 4) is 0 Å². The minimum atomic E-state index is -0.273. The number of nitrogens with zero attached hydrogens (tertiary/aromatic N) is 2. The van der Waals surface area contributed by atoms with Gasteiger partial charge in [-0.15, -0.1) is 0 Å². The third-order valence-electron chi connectivity index (χ3n) is 8.99. The van der Waals surface area contributed by atoms with Gasteiger partial charge in [-0.1, -0.05) is 116 Å². The Morgan fingerprint density at radius 3 is 1.41 bits per heavy atom. The molecule has 0 aromatic heterocycles. The van der Waals surface area contributed by atoms with Crippen LogP contribution in [0.4, 0.5) is 17.1 Å². The molecule has 4 nitrogen and oxygen atoms in total. The van der Waals surface area contributed by atoms with Gasteiger partial charge in [-0.3, -0.25) is 14.5 Å². The maximum atomic E-state index is 12.1. The van der Waals surface area contributed by atoms with Crippen LogP contribution in [0.5, 0.6) is 0 Å². The molecule has 0 bridgehead atoms. The summed E-state index contributed by atoms with van der Waals surface area (Å²) in [5, 5.41) is 0. The predicted molar refractivity (Wildman–Crippen MR) is 192 cm³/mol. The van der Waals surface area contributed by atoms with Crippen molar-refractivity contribution in [1.29, 1.82) is 0 Å². The first-order valence-corrected chi connectivity index (χ1v) is 15.8. The van der Waals surface area contributed by atoms with E-state index < -0.39 is 0 Å². The van der Waals surface area contributed by atoms with Crippen LogP contribution in [0.2, 0.25) is 0 Å². The van der Waals surface area contributed by atoms with Gasteiger partial charge in [0.2, 0.25) is 6.71 Å². The zero-order chi connectivity index (χ0) is 32.5. The molecule has 0 N–H and O–H groups in total. The fourth-order valence-electron chi connectivity index (χ4n) is 7.13. The van der Waals surface area contributed by atoms with Gasteiger partial charge in [0.1, 0.15) is 0 Å². The van der Waals surface area contributed by atoms with E-state index in [2.05, 4.69) is 119 Å². The lowest BCUT2D eigenvalue weighted by molar-refractivity contribution is -0.137. The van der Waals surface area contributed by atoms with Gasteiger partial charge in [-0.05, 0) is 83.5 Å². The van der Waals surface area contributed by atoms with Crippen molar-refractivity contribution < 1.29 is 9.59 Å². The lowest BCUT2D eigenvalue weighted by Gasteiger charge is -2.27. The molecule has 0 aliphatic carbocycles. The number of amides is 2. The Kier molecular flexibility index (Phi) is 8.51. The molecule has 0 fully saturated rings. The topological polar surface area (TPSA) is 40.6 Å². The van der Waals surface area contributed by atoms with Gasteiger partial charge in [0.25, 0.3) is 11.8 Å². The summed E-state index contributed by atoms with van der Waals surface area (Å²) in [5.74, 6) is -0.545. The third kappa shape index (κ3) is 6.06. The van der Waals surface area contributed by atoms with Gasteiger partial charge < -0.3 is 4.90 Å². The van der Waals surface area contributed by atoms with Gasteiger partial charge in [-0.25, -0.2) is 0 Å². The Balaban J connectivity index is 1.41. The molecular formula is C41H39BN2O2. The summed E-state index contributed by atoms with van der Waals surface area (Å²) in [5.41, 5.74) is 15.8. The molecule has 46 heavy (non-hydrogen) atoms. The minimum absolute atomic E-state index is 0.102. The van der Waals surface area contributed by atoms with Crippen LogP contribution in [0.15, 0.2) is 115 Å². The Bertz CT molecular complexity index is 1840. The van der Waals surface area contributed by atoms with E-state index in [-0.39, 0.29) is 25.1 Å². The number of imide groups is 1. The maximum absolute atomic E-state index is 12.1. The summed E-state index contributed by atoms with van der Waals surface area (Å²) in [6, 6.07) is 36.6. The Hall–Kier alpha value is -5.16. The van der Waals surface area contributed by atoms with Gasteiger partial charge in [0, 0.05) is 29.2 Å². The summed E-state index contributed by atoms with van der Waals surface area (Å²) in [6.45, 7) is 13.6. The van der Waals surface area contributed by atoms with Crippen LogP contribution in [0.1, 0.15) is 38.9 Å². The lowest BCUT2D eigenvalue weighted by atomic mass is 9.34. The number of carbonyl (C=O) groups excluding carboxylic acids is 2. The molecule has 2 amide bonds. The van der Waals surface area contributed by atoms with Gasteiger partial charge in [-0.2, -0.15) is 0 Å². The zero-order valence-electron chi connectivity index (χ0n) is 27.5. The van der Waals surface area contributed by atoms with Crippen molar-refractivity contribution in [3.63, 3.8) is 0 Å². The molecule has 5 aromatic rings. The van der Waals surface area contributed by atoms with Crippen LogP contribution in [0.3, 0.4) is 0 Å². The molecule has 228 valence electrons. The Morgan fingerprint density at radius 2 is 0.957 bits per heavy atom. The van der Waals surface area contributed by atoms with Crippen molar-refractivity contribution in [2.75, 3.05) is 4.90 Å². The van der Waals surface area contributed by atoms with Crippen molar-refractivity contribution in [2.45, 2.75) is 48.1 Å². The molecular weight excluding hydrogens is 563 g/mol. The second kappa shape index (κ2) is 12.7. The molecule has 1 heterocycles. The molecule has 1 aliphatic heterocycles. The molecule has 6 rings (SSSR count). The largest absolute Gasteiger partial charge is 0.311 e. The quantitative estimate of drug-likeness (QED) is 0.143. The fourth-order valence-corrected chi connectivity index (χ4v) is 7.13. The summed E-state index contributed by atoms with van der Waals surface area (Å²) in [7, 11) is 0. The standard InChI is InChI=1S/C41H39BN2O2/c1-27-22-29(3)40(30(4)23-27)42(41-31(5)24-28(2)25-32(41)6)34-14-18-37(19-15-34)44(35-10-8-7-9-11-35)36-16-12-33(13-17-36)26-43-38(45)20-21-39(43)46/h7-25H,26H2,1-6H3. The first-order valence-electron chi connectivity index (χ1n) is 15.8. The molecule has 5 aromatic carbocycles. The van der Waals surface area contributed by atoms with E-state index in [1.165, 1.54) is 66.8 Å². The first kappa shape index (κ1) is 30.9. The average molecular weight is 603 g/mol. The van der Waals surface area contributed by atoms with Crippen molar-refractivity contribution in [2.24, 2.45) is 0 Å². The van der Waals surface area contributed by atoms with Gasteiger partial charge in [0.05, 0.1) is 6.54 Å². The highest BCUT2D eigenvalue weighted by Gasteiger charge is 2.29. The van der Waals surface area contributed by atoms with E-state index in [9.17, 15) is 9.59 Å². The van der Waals surface area contributed by atoms with Crippen LogP contribution in [0, 0.1) is 41.5 Å². The summed E-state index contributed by atoms with van der Waals surface area (Å²) in [4.78, 5) is 27.7. The summed E-state index contributed by atoms with van der Waals surface area (Å²) >= 11 is 0. The molecule has 0 spiro atoms. The molecule has 0 radical (unpaired) electrons. The molecule has 0 saturated heterocycles. The number of anilines is 3. The third-order valence-corrected chi connectivity index (χ3v) is 8.99. The smallest absolute Gasteiger partial charge is 0.253 e. The summed E-state index contributed by atoms with van der Waals surface area (Å²) < 4.78 is 0.